The molecule has 1 fully saturated rings. The fourth-order valence-corrected chi connectivity index (χ4v) is 2.42. The Morgan fingerprint density at radius 2 is 1.90 bits per heavy atom. The molecule has 2 N–H and O–H groups in total. The van der Waals surface area contributed by atoms with Gasteiger partial charge in [0.15, 0.2) is 11.5 Å². The van der Waals surface area contributed by atoms with E-state index in [0.29, 0.717) is 26.2 Å². The predicted octanol–water partition coefficient (Wildman–Crippen LogP) is 2.33. The number of benzene rings is 1. The van der Waals surface area contributed by atoms with Gasteiger partial charge in [0.05, 0.1) is 7.11 Å². The molecule has 0 amide bonds. The summed E-state index contributed by atoms with van der Waals surface area (Å²) in [6, 6.07) is 2.12. The number of alkyl halides is 3. The molecule has 0 aromatic heterocycles. The second kappa shape index (κ2) is 7.20. The largest absolute Gasteiger partial charge is 0.504 e. The summed E-state index contributed by atoms with van der Waals surface area (Å²) in [7, 11) is 1.35. The zero-order chi connectivity index (χ0) is 14.8. The number of ether oxygens (including phenoxy) is 1. The van der Waals surface area contributed by atoms with Crippen LogP contribution in [-0.4, -0.2) is 49.5 Å². The van der Waals surface area contributed by atoms with Crippen molar-refractivity contribution in [2.45, 2.75) is 12.2 Å². The van der Waals surface area contributed by atoms with Crippen molar-refractivity contribution in [1.82, 2.24) is 10.2 Å². The van der Waals surface area contributed by atoms with E-state index in [9.17, 15) is 18.3 Å². The van der Waals surface area contributed by atoms with Gasteiger partial charge in [-0.05, 0) is 17.7 Å². The third-order valence-electron chi connectivity index (χ3n) is 3.35. The molecular weight excluding hydrogens is 309 g/mol. The Bertz CT molecular complexity index is 465. The predicted molar refractivity (Wildman–Crippen MR) is 75.1 cm³/mol. The highest BCUT2D eigenvalue weighted by Crippen LogP contribution is 2.40. The minimum atomic E-state index is -4.39. The number of nitrogens with one attached hydrogen (secondary N) is 1. The highest BCUT2D eigenvalue weighted by Gasteiger charge is 2.45. The topological polar surface area (TPSA) is 44.7 Å². The van der Waals surface area contributed by atoms with E-state index in [-0.39, 0.29) is 29.5 Å². The van der Waals surface area contributed by atoms with Crippen LogP contribution in [0.1, 0.15) is 11.6 Å². The van der Waals surface area contributed by atoms with Crippen molar-refractivity contribution in [1.29, 1.82) is 0 Å². The van der Waals surface area contributed by atoms with Crippen LogP contribution in [0.2, 0.25) is 0 Å². The van der Waals surface area contributed by atoms with Gasteiger partial charge in [0.25, 0.3) is 0 Å². The van der Waals surface area contributed by atoms with Gasteiger partial charge in [-0.2, -0.15) is 13.2 Å². The lowest BCUT2D eigenvalue weighted by atomic mass is 10.0. The Balaban J connectivity index is 0.00000220. The van der Waals surface area contributed by atoms with Crippen LogP contribution in [-0.2, 0) is 0 Å². The third kappa shape index (κ3) is 4.15. The number of phenolic OH excluding ortho intramolecular Hbond substituents is 1. The van der Waals surface area contributed by atoms with Gasteiger partial charge in [-0.15, -0.1) is 12.4 Å². The van der Waals surface area contributed by atoms with Gasteiger partial charge in [-0.25, -0.2) is 0 Å². The molecule has 1 aliphatic heterocycles. The summed E-state index contributed by atoms with van der Waals surface area (Å²) >= 11 is 0. The van der Waals surface area contributed by atoms with Gasteiger partial charge in [-0.3, -0.25) is 4.90 Å². The first-order valence-corrected chi connectivity index (χ1v) is 6.32. The molecule has 0 saturated carbocycles. The van der Waals surface area contributed by atoms with Crippen molar-refractivity contribution in [2.75, 3.05) is 33.3 Å². The number of aromatic hydroxyl groups is 1. The number of piperazine rings is 1. The average molecular weight is 327 g/mol. The number of hydrogen-bond donors (Lipinski definition) is 2. The van der Waals surface area contributed by atoms with E-state index in [4.69, 9.17) is 4.74 Å². The molecule has 2 rings (SSSR count). The lowest BCUT2D eigenvalue weighted by molar-refractivity contribution is -0.187. The second-order valence-corrected chi connectivity index (χ2v) is 4.66. The van der Waals surface area contributed by atoms with Crippen LogP contribution in [0, 0.1) is 0 Å². The number of methoxy groups -OCH3 is 1. The van der Waals surface area contributed by atoms with Gasteiger partial charge in [0.1, 0.15) is 6.04 Å². The zero-order valence-corrected chi connectivity index (χ0v) is 12.3. The highest BCUT2D eigenvalue weighted by molar-refractivity contribution is 5.85. The molecule has 1 heterocycles. The minimum absolute atomic E-state index is 0. The van der Waals surface area contributed by atoms with Crippen LogP contribution in [0.25, 0.3) is 0 Å². The molecule has 1 aromatic carbocycles. The van der Waals surface area contributed by atoms with Crippen LogP contribution in [0.3, 0.4) is 0 Å². The summed E-state index contributed by atoms with van der Waals surface area (Å²) in [5, 5.41) is 12.7. The van der Waals surface area contributed by atoms with Gasteiger partial charge < -0.3 is 15.2 Å². The molecule has 1 atom stereocenters. The van der Waals surface area contributed by atoms with Crippen LogP contribution < -0.4 is 10.1 Å². The molecule has 120 valence electrons. The summed E-state index contributed by atoms with van der Waals surface area (Å²) in [6.07, 6.45) is -4.39. The molecular formula is C13H18ClF3N2O2. The van der Waals surface area contributed by atoms with E-state index in [1.807, 2.05) is 0 Å². The summed E-state index contributed by atoms with van der Waals surface area (Å²) in [4.78, 5) is 1.37. The van der Waals surface area contributed by atoms with Gasteiger partial charge in [-0.1, -0.05) is 6.07 Å². The smallest absolute Gasteiger partial charge is 0.408 e. The number of nitrogens with zero attached hydrogens (tertiary/aromatic N) is 1. The fourth-order valence-electron chi connectivity index (χ4n) is 2.42. The molecule has 1 saturated heterocycles. The molecule has 1 aliphatic rings. The van der Waals surface area contributed by atoms with Crippen molar-refractivity contribution in [3.8, 4) is 11.5 Å². The van der Waals surface area contributed by atoms with Crippen LogP contribution in [0.15, 0.2) is 18.2 Å². The first-order chi connectivity index (χ1) is 9.43. The standard InChI is InChI=1S/C13H17F3N2O2.ClH/c1-20-11-3-2-9(8-10(11)19)12(13(14,15)16)18-6-4-17-5-7-18;/h2-3,8,12,17,19H,4-7H2,1H3;1H/t12-;/m0./s1. The fraction of sp³-hybridized carbons (Fsp3) is 0.538. The molecule has 0 spiro atoms. The van der Waals surface area contributed by atoms with Gasteiger partial charge >= 0.3 is 6.18 Å². The Morgan fingerprint density at radius 1 is 1.29 bits per heavy atom. The molecule has 0 unspecified atom stereocenters. The van der Waals surface area contributed by atoms with E-state index < -0.39 is 12.2 Å². The Kier molecular flexibility index (Phi) is 6.12. The Morgan fingerprint density at radius 3 is 2.38 bits per heavy atom. The second-order valence-electron chi connectivity index (χ2n) is 4.66. The zero-order valence-electron chi connectivity index (χ0n) is 11.5. The van der Waals surface area contributed by atoms with Crippen molar-refractivity contribution in [2.24, 2.45) is 0 Å². The lowest BCUT2D eigenvalue weighted by Crippen LogP contribution is -2.49. The lowest BCUT2D eigenvalue weighted by Gasteiger charge is -2.36. The minimum Gasteiger partial charge on any atom is -0.504 e. The molecule has 0 bridgehead atoms. The maximum Gasteiger partial charge on any atom is 0.408 e. The van der Waals surface area contributed by atoms with E-state index >= 15 is 0 Å². The number of halogens is 4. The number of rotatable bonds is 3. The number of hydrogen-bond acceptors (Lipinski definition) is 4. The summed E-state index contributed by atoms with van der Waals surface area (Å²) < 4.78 is 44.8. The SMILES string of the molecule is COc1ccc([C@H](N2CCNCC2)C(F)(F)F)cc1O.Cl. The normalized spacial score (nSPS) is 17.9. The average Bonchev–Trinajstić information content (AvgIpc) is 2.39. The van der Waals surface area contributed by atoms with E-state index in [1.54, 1.807) is 0 Å². The monoisotopic (exact) mass is 326 g/mol. The molecule has 4 nitrogen and oxygen atoms in total. The maximum absolute atomic E-state index is 13.3. The third-order valence-corrected chi connectivity index (χ3v) is 3.35. The van der Waals surface area contributed by atoms with Crippen molar-refractivity contribution in [3.63, 3.8) is 0 Å². The van der Waals surface area contributed by atoms with Gasteiger partial charge in [0.2, 0.25) is 0 Å². The van der Waals surface area contributed by atoms with Gasteiger partial charge in [0, 0.05) is 26.2 Å². The van der Waals surface area contributed by atoms with E-state index in [1.165, 1.54) is 24.1 Å². The van der Waals surface area contributed by atoms with Crippen molar-refractivity contribution >= 4 is 12.4 Å². The highest BCUT2D eigenvalue weighted by atomic mass is 35.5. The summed E-state index contributed by atoms with van der Waals surface area (Å²) in [6.45, 7) is 1.68. The first kappa shape index (κ1) is 17.9. The molecule has 0 aliphatic carbocycles. The van der Waals surface area contributed by atoms with Crippen LogP contribution in [0.5, 0.6) is 11.5 Å². The molecule has 0 radical (unpaired) electrons. The van der Waals surface area contributed by atoms with E-state index in [2.05, 4.69) is 5.32 Å². The molecule has 1 aromatic rings. The Labute approximate surface area is 127 Å². The quantitative estimate of drug-likeness (QED) is 0.895. The van der Waals surface area contributed by atoms with E-state index in [0.717, 1.165) is 6.07 Å². The first-order valence-electron chi connectivity index (χ1n) is 6.32. The van der Waals surface area contributed by atoms with Crippen LogP contribution in [0.4, 0.5) is 13.2 Å². The van der Waals surface area contributed by atoms with Crippen LogP contribution >= 0.6 is 12.4 Å². The molecule has 8 heteroatoms. The van der Waals surface area contributed by atoms with Crippen molar-refractivity contribution in [3.05, 3.63) is 23.8 Å². The number of phenols is 1. The summed E-state index contributed by atoms with van der Waals surface area (Å²) in [5.41, 5.74) is 0.0256. The Hall–Kier alpha value is -1.18. The molecule has 21 heavy (non-hydrogen) atoms. The maximum atomic E-state index is 13.3. The van der Waals surface area contributed by atoms with Crippen molar-refractivity contribution < 1.29 is 23.0 Å². The summed E-state index contributed by atoms with van der Waals surface area (Å²) in [5.74, 6) is -0.121.